The van der Waals surface area contributed by atoms with Crippen molar-refractivity contribution in [2.45, 2.75) is 129 Å². The van der Waals surface area contributed by atoms with Gasteiger partial charge in [0.25, 0.3) is 0 Å². The summed E-state index contributed by atoms with van der Waals surface area (Å²) < 4.78 is 4.95. The minimum atomic E-state index is -0.980. The standard InChI is InChI=1S/C21H21NO2S.C19H16N2S.C19H17NO2S.C13H14S.C6H3ClN2/c1-4-24-20(23)16-7-9-17(22-14-16)8-5-15-6-10-19-18(13-15)21(2,3)11-12-25-19;1-19(2)9-10-22-18-8-5-14(11-17(18)19)3-6-16-7-4-15(12-20)13-21-16;1-19(2)9-10-23-17-8-4-13(11-16(17)19)3-6-15-7-5-14(12-20-15)18(21)22;1-4-10-5-6-12-11(9-10)13(2,3)7-8-14-12;7-6-2-1-5(3-8)4-9-6/h6-7,9-10,13-14H,4,11-12H2,1-3H3;4-5,7-8,11,13H,9-10H2,1-2H3;4-5,7-8,11-12H,9-10H2,1-2H3,(H,21,22);1,5-6,9H,7-8H2,2-3H3;1-2,4H. The molecule has 0 fully saturated rings. The van der Waals surface area contributed by atoms with E-state index in [0.29, 0.717) is 45.5 Å². The Labute approximate surface area is 570 Å². The van der Waals surface area contributed by atoms with Crippen LogP contribution >= 0.6 is 58.6 Å². The van der Waals surface area contributed by atoms with Gasteiger partial charge < -0.3 is 9.84 Å². The highest BCUT2D eigenvalue weighted by Crippen LogP contribution is 2.45. The number of halogens is 1. The van der Waals surface area contributed by atoms with E-state index in [4.69, 9.17) is 38.4 Å². The molecular weight excluding hydrogens is 1250 g/mol. The normalized spacial score (nSPS) is 14.9. The number of rotatable bonds is 3. The lowest BCUT2D eigenvalue weighted by atomic mass is 9.81. The van der Waals surface area contributed by atoms with E-state index in [2.05, 4.69) is 184 Å². The topological polar surface area (TPSA) is 163 Å². The highest BCUT2D eigenvalue weighted by atomic mass is 35.5. The van der Waals surface area contributed by atoms with Gasteiger partial charge in [-0.15, -0.1) is 53.5 Å². The van der Waals surface area contributed by atoms with Crippen LogP contribution in [0.4, 0.5) is 0 Å². The molecular formula is C78H71ClN6O4S4. The summed E-state index contributed by atoms with van der Waals surface area (Å²) in [7, 11) is 0. The number of carboxylic acid groups (broad SMARTS) is 1. The molecule has 12 rings (SSSR count). The molecule has 0 bridgehead atoms. The predicted molar refractivity (Wildman–Crippen MR) is 379 cm³/mol. The van der Waals surface area contributed by atoms with E-state index in [1.807, 2.05) is 65.2 Å². The maximum absolute atomic E-state index is 11.6. The number of fused-ring (bicyclic) bond motifs is 4. The zero-order valence-corrected chi connectivity index (χ0v) is 57.7. The Kier molecular flexibility index (Phi) is 24.3. The zero-order chi connectivity index (χ0) is 66.8. The van der Waals surface area contributed by atoms with Crippen LogP contribution in [0.5, 0.6) is 0 Å². The average Bonchev–Trinajstić information content (AvgIpc) is 0.853. The fourth-order valence-electron chi connectivity index (χ4n) is 10.0. The third kappa shape index (κ3) is 19.7. The quantitative estimate of drug-likeness (QED) is 0.101. The van der Waals surface area contributed by atoms with Crippen LogP contribution in [0.3, 0.4) is 0 Å². The van der Waals surface area contributed by atoms with Crippen molar-refractivity contribution >= 4 is 70.6 Å². The Morgan fingerprint density at radius 2 is 0.806 bits per heavy atom. The van der Waals surface area contributed by atoms with E-state index in [-0.39, 0.29) is 33.2 Å². The number of aromatic carboxylic acids is 1. The molecule has 0 saturated heterocycles. The van der Waals surface area contributed by atoms with E-state index in [9.17, 15) is 9.59 Å². The van der Waals surface area contributed by atoms with Crippen LogP contribution in [-0.4, -0.2) is 66.6 Å². The summed E-state index contributed by atoms with van der Waals surface area (Å²) >= 11 is 13.1. The molecule has 15 heteroatoms. The second-order valence-electron chi connectivity index (χ2n) is 24.6. The van der Waals surface area contributed by atoms with Crippen LogP contribution in [0.1, 0.15) is 181 Å². The first-order valence-electron chi connectivity index (χ1n) is 30.3. The number of nitriles is 2. The summed E-state index contributed by atoms with van der Waals surface area (Å²) in [6, 6.07) is 42.9. The van der Waals surface area contributed by atoms with Gasteiger partial charge in [-0.25, -0.2) is 29.5 Å². The van der Waals surface area contributed by atoms with Crippen LogP contribution in [0.2, 0.25) is 5.15 Å². The molecule has 0 radical (unpaired) electrons. The smallest absolute Gasteiger partial charge is 0.339 e. The van der Waals surface area contributed by atoms with Gasteiger partial charge in [-0.1, -0.05) is 90.7 Å². The van der Waals surface area contributed by atoms with Crippen LogP contribution < -0.4 is 0 Å². The van der Waals surface area contributed by atoms with Crippen molar-refractivity contribution in [1.82, 2.24) is 19.9 Å². The number of carboxylic acids is 1. The Bertz CT molecular complexity index is 4360. The maximum atomic E-state index is 11.6. The molecule has 4 aromatic carbocycles. The molecule has 93 heavy (non-hydrogen) atoms. The highest BCUT2D eigenvalue weighted by Gasteiger charge is 2.31. The molecule has 4 aliphatic heterocycles. The fourth-order valence-corrected chi connectivity index (χ4v) is 16.1. The lowest BCUT2D eigenvalue weighted by molar-refractivity contribution is 0.0525. The van der Waals surface area contributed by atoms with Crippen molar-refractivity contribution in [3.63, 3.8) is 0 Å². The zero-order valence-electron chi connectivity index (χ0n) is 53.7. The Balaban J connectivity index is 0.000000154. The number of thioether (sulfide) groups is 4. The molecule has 0 atom stereocenters. The number of pyridine rings is 4. The minimum absolute atomic E-state index is 0.170. The van der Waals surface area contributed by atoms with E-state index < -0.39 is 5.97 Å². The van der Waals surface area contributed by atoms with Crippen LogP contribution in [-0.2, 0) is 26.4 Å². The highest BCUT2D eigenvalue weighted by molar-refractivity contribution is 8.00. The number of nitrogens with zero attached hydrogens (tertiary/aromatic N) is 6. The molecule has 0 unspecified atom stereocenters. The number of carbonyl (C=O) groups excluding carboxylic acids is 1. The van der Waals surface area contributed by atoms with Crippen molar-refractivity contribution in [3.05, 3.63) is 235 Å². The van der Waals surface area contributed by atoms with Gasteiger partial charge in [0.05, 0.1) is 28.9 Å². The Morgan fingerprint density at radius 3 is 1.12 bits per heavy atom. The van der Waals surface area contributed by atoms with Gasteiger partial charge in [-0.2, -0.15) is 10.5 Å². The van der Waals surface area contributed by atoms with Gasteiger partial charge in [0, 0.05) is 66.6 Å². The lowest BCUT2D eigenvalue weighted by Crippen LogP contribution is -2.22. The molecule has 1 N–H and O–H groups in total. The predicted octanol–water partition coefficient (Wildman–Crippen LogP) is 17.6. The second-order valence-corrected chi connectivity index (χ2v) is 29.5. The maximum Gasteiger partial charge on any atom is 0.339 e. The van der Waals surface area contributed by atoms with Crippen molar-refractivity contribution in [2.75, 3.05) is 29.6 Å². The van der Waals surface area contributed by atoms with Crippen LogP contribution in [0, 0.1) is 70.5 Å². The third-order valence-electron chi connectivity index (χ3n) is 16.0. The largest absolute Gasteiger partial charge is 0.478 e. The number of esters is 1. The number of hydrogen-bond donors (Lipinski definition) is 1. The Morgan fingerprint density at radius 1 is 0.473 bits per heavy atom. The van der Waals surface area contributed by atoms with Crippen molar-refractivity contribution in [2.24, 2.45) is 0 Å². The Hall–Kier alpha value is -8.67. The van der Waals surface area contributed by atoms with E-state index in [1.165, 1.54) is 109 Å². The molecule has 0 aliphatic carbocycles. The average molecular weight is 1320 g/mol. The van der Waals surface area contributed by atoms with Crippen LogP contribution in [0.15, 0.2) is 166 Å². The summed E-state index contributed by atoms with van der Waals surface area (Å²) in [6.45, 7) is 20.4. The molecule has 4 aromatic heterocycles. The third-order valence-corrected chi connectivity index (χ3v) is 20.5. The summed E-state index contributed by atoms with van der Waals surface area (Å²) in [5.41, 5.74) is 14.0. The van der Waals surface area contributed by atoms with Gasteiger partial charge in [0.1, 0.15) is 34.4 Å². The summed E-state index contributed by atoms with van der Waals surface area (Å²) in [6.07, 6.45) is 16.0. The first kappa shape index (κ1) is 70.2. The van der Waals surface area contributed by atoms with Crippen molar-refractivity contribution in [3.8, 4) is 60.0 Å². The fraction of sp³-hybridized carbons (Fsp3) is 0.282. The molecule has 468 valence electrons. The molecule has 8 heterocycles. The van der Waals surface area contributed by atoms with E-state index in [0.717, 1.165) is 28.0 Å². The second kappa shape index (κ2) is 32.3. The summed E-state index contributed by atoms with van der Waals surface area (Å²) in [5, 5.41) is 26.3. The van der Waals surface area contributed by atoms with Gasteiger partial charge in [0.15, 0.2) is 0 Å². The lowest BCUT2D eigenvalue weighted by Gasteiger charge is -2.32. The number of benzene rings is 4. The van der Waals surface area contributed by atoms with Gasteiger partial charge in [-0.3, -0.25) is 0 Å². The monoisotopic (exact) mass is 1320 g/mol. The molecule has 0 spiro atoms. The number of ether oxygens (including phenoxy) is 1. The van der Waals surface area contributed by atoms with Gasteiger partial charge in [0.2, 0.25) is 0 Å². The minimum Gasteiger partial charge on any atom is -0.478 e. The molecule has 8 aromatic rings. The molecule has 0 saturated carbocycles. The first-order chi connectivity index (χ1) is 44.5. The first-order valence-corrected chi connectivity index (χ1v) is 34.6. The van der Waals surface area contributed by atoms with Crippen molar-refractivity contribution < 1.29 is 19.4 Å². The van der Waals surface area contributed by atoms with Gasteiger partial charge >= 0.3 is 11.9 Å². The SMILES string of the molecule is C#Cc1ccc2c(c1)C(C)(C)CCS2.CC1(C)CCSc2ccc(C#Cc3ccc(C#N)cn3)cc21.CC1(C)CCSc2ccc(C#Cc3ccc(C(=O)O)cn3)cc21.CCOC(=O)c1ccc(C#Cc2ccc3c(c2)C(C)(C)CCS3)nc1.N#Cc1ccc(Cl)nc1. The van der Waals surface area contributed by atoms with Crippen molar-refractivity contribution in [1.29, 1.82) is 10.5 Å². The van der Waals surface area contributed by atoms with E-state index >= 15 is 0 Å². The number of hydrogen-bond acceptors (Lipinski definition) is 13. The van der Waals surface area contributed by atoms with Gasteiger partial charge in [-0.05, 0) is 239 Å². The molecule has 10 nitrogen and oxygen atoms in total. The summed E-state index contributed by atoms with van der Waals surface area (Å²) in [5.74, 6) is 24.7. The number of aromatic nitrogens is 4. The molecule has 0 amide bonds. The van der Waals surface area contributed by atoms with Crippen LogP contribution in [0.25, 0.3) is 0 Å². The summed E-state index contributed by atoms with van der Waals surface area (Å²) in [4.78, 5) is 44.1. The molecule has 4 aliphatic rings. The number of terminal acetylenes is 1. The number of carbonyl (C=O) groups is 2. The van der Waals surface area contributed by atoms with E-state index in [1.54, 1.807) is 55.6 Å².